The molecule has 2 N–H and O–H groups in total. The van der Waals surface area contributed by atoms with Gasteiger partial charge in [0.15, 0.2) is 0 Å². The van der Waals surface area contributed by atoms with E-state index in [1.165, 1.54) is 0 Å². The van der Waals surface area contributed by atoms with Gasteiger partial charge in [-0.15, -0.1) is 12.8 Å². The molecule has 0 bridgehead atoms. The molecule has 0 saturated carbocycles. The molecule has 84 valence electrons. The first-order chi connectivity index (χ1) is 7.00. The van der Waals surface area contributed by atoms with E-state index in [9.17, 15) is 0 Å². The zero-order valence-electron chi connectivity index (χ0n) is 9.27. The average Bonchev–Trinajstić information content (AvgIpc) is 3.01. The van der Waals surface area contributed by atoms with Gasteiger partial charge in [0.2, 0.25) is 0 Å². The van der Waals surface area contributed by atoms with Crippen molar-refractivity contribution in [2.45, 2.75) is 12.8 Å². The minimum absolute atomic E-state index is 0. The van der Waals surface area contributed by atoms with Crippen molar-refractivity contribution in [1.82, 2.24) is 0 Å². The Bertz CT molecular complexity index is 152. The summed E-state index contributed by atoms with van der Waals surface area (Å²) in [6, 6.07) is 0. The SMILES string of the molecule is CO.CO.[C-]1=CC=CC1.[C-]1=CC=CC1.[Hf]. The molecule has 2 nitrogen and oxygen atoms in total. The van der Waals surface area contributed by atoms with Gasteiger partial charge in [0.25, 0.3) is 0 Å². The van der Waals surface area contributed by atoms with Crippen molar-refractivity contribution < 1.29 is 36.1 Å². The van der Waals surface area contributed by atoms with Crippen molar-refractivity contribution in [2.24, 2.45) is 0 Å². The van der Waals surface area contributed by atoms with Gasteiger partial charge in [-0.25, -0.2) is 24.3 Å². The third-order valence-electron chi connectivity index (χ3n) is 1.17. The van der Waals surface area contributed by atoms with Crippen LogP contribution >= 0.6 is 0 Å². The summed E-state index contributed by atoms with van der Waals surface area (Å²) in [7, 11) is 2.00. The summed E-state index contributed by atoms with van der Waals surface area (Å²) in [5.41, 5.74) is 0. The van der Waals surface area contributed by atoms with Crippen LogP contribution in [0.4, 0.5) is 0 Å². The van der Waals surface area contributed by atoms with Crippen LogP contribution in [-0.2, 0) is 25.8 Å². The second-order valence-electron chi connectivity index (χ2n) is 2.01. The van der Waals surface area contributed by atoms with Crippen LogP contribution in [0.25, 0.3) is 0 Å². The molecule has 0 unspecified atom stereocenters. The number of aliphatic hydroxyl groups excluding tert-OH is 2. The molecule has 0 atom stereocenters. The van der Waals surface area contributed by atoms with E-state index in [0.717, 1.165) is 27.1 Å². The Hall–Kier alpha value is -0.250. The van der Waals surface area contributed by atoms with Gasteiger partial charge in [0.05, 0.1) is 0 Å². The van der Waals surface area contributed by atoms with Crippen molar-refractivity contribution in [3.05, 3.63) is 48.6 Å². The molecule has 0 aromatic carbocycles. The number of aliphatic hydroxyl groups is 2. The molecule has 0 amide bonds. The molecule has 15 heavy (non-hydrogen) atoms. The van der Waals surface area contributed by atoms with Crippen LogP contribution in [0.15, 0.2) is 36.5 Å². The summed E-state index contributed by atoms with van der Waals surface area (Å²) in [5.74, 6) is 0. The maximum absolute atomic E-state index is 7.00. The maximum Gasteiger partial charge on any atom is 0.0319 e. The smallest absolute Gasteiger partial charge is 0.0319 e. The van der Waals surface area contributed by atoms with Gasteiger partial charge >= 0.3 is 0 Å². The largest absolute Gasteiger partial charge is 0.400 e. The van der Waals surface area contributed by atoms with Crippen LogP contribution < -0.4 is 0 Å². The molecule has 0 heterocycles. The minimum Gasteiger partial charge on any atom is -0.400 e. The third-order valence-corrected chi connectivity index (χ3v) is 1.17. The molecule has 0 saturated heterocycles. The van der Waals surface area contributed by atoms with E-state index in [0.29, 0.717) is 0 Å². The summed E-state index contributed by atoms with van der Waals surface area (Å²) in [6.07, 6.45) is 20.0. The van der Waals surface area contributed by atoms with Crippen LogP contribution in [-0.4, -0.2) is 24.4 Å². The fraction of sp³-hybridized carbons (Fsp3) is 0.333. The predicted octanol–water partition coefficient (Wildman–Crippen LogP) is 1.83. The summed E-state index contributed by atoms with van der Waals surface area (Å²) >= 11 is 0. The summed E-state index contributed by atoms with van der Waals surface area (Å²) < 4.78 is 0. The fourth-order valence-corrected chi connectivity index (χ4v) is 0.680. The minimum atomic E-state index is 0. The van der Waals surface area contributed by atoms with Crippen molar-refractivity contribution in [1.29, 1.82) is 0 Å². The summed E-state index contributed by atoms with van der Waals surface area (Å²) in [6.45, 7) is 0. The first kappa shape index (κ1) is 20.2. The average molecular weight is 373 g/mol. The van der Waals surface area contributed by atoms with E-state index in [4.69, 9.17) is 10.2 Å². The van der Waals surface area contributed by atoms with E-state index in [1.807, 2.05) is 24.3 Å². The quantitative estimate of drug-likeness (QED) is 0.503. The zero-order valence-corrected chi connectivity index (χ0v) is 12.9. The maximum atomic E-state index is 7.00. The predicted molar refractivity (Wildman–Crippen MR) is 59.4 cm³/mol. The second-order valence-corrected chi connectivity index (χ2v) is 2.01. The third kappa shape index (κ3) is 20.0. The first-order valence-electron chi connectivity index (χ1n) is 4.33. The van der Waals surface area contributed by atoms with E-state index < -0.39 is 0 Å². The molecule has 2 aliphatic carbocycles. The van der Waals surface area contributed by atoms with Gasteiger partial charge < -0.3 is 10.2 Å². The second kappa shape index (κ2) is 23.5. The van der Waals surface area contributed by atoms with Crippen LogP contribution in [0.2, 0.25) is 0 Å². The molecule has 0 aromatic heterocycles. The zero-order chi connectivity index (χ0) is 11.1. The van der Waals surface area contributed by atoms with Gasteiger partial charge in [-0.3, -0.25) is 12.2 Å². The molecule has 0 aliphatic heterocycles. The standard InChI is InChI=1S/2C5H5.2CH4O.Hf/c2*1-2-4-5-3-1;2*1-2;/h2*1-3H,4H2;2*2H,1H3;/q2*-1;;;. The molecule has 3 heteroatoms. The van der Waals surface area contributed by atoms with E-state index >= 15 is 0 Å². The van der Waals surface area contributed by atoms with Crippen LogP contribution in [0.3, 0.4) is 0 Å². The Morgan fingerprint density at radius 3 is 1.20 bits per heavy atom. The molecule has 0 fully saturated rings. The molecule has 0 aromatic rings. The normalized spacial score (nSPS) is 12.5. The van der Waals surface area contributed by atoms with Crippen molar-refractivity contribution in [3.63, 3.8) is 0 Å². The Morgan fingerprint density at radius 2 is 1.13 bits per heavy atom. The van der Waals surface area contributed by atoms with Crippen molar-refractivity contribution in [2.75, 3.05) is 14.2 Å². The molecular formula is C12H18HfO2-2. The Balaban J connectivity index is -0.000000138. The van der Waals surface area contributed by atoms with Gasteiger partial charge in [-0.1, -0.05) is 0 Å². The first-order valence-corrected chi connectivity index (χ1v) is 4.33. The van der Waals surface area contributed by atoms with E-state index in [1.54, 1.807) is 0 Å². The van der Waals surface area contributed by atoms with Gasteiger partial charge in [-0.05, 0) is 0 Å². The number of hydrogen-bond acceptors (Lipinski definition) is 2. The number of hydrogen-bond donors (Lipinski definition) is 2. The molecule has 0 spiro atoms. The Kier molecular flexibility index (Phi) is 31.7. The van der Waals surface area contributed by atoms with E-state index in [2.05, 4.69) is 24.3 Å². The molecular weight excluding hydrogens is 355 g/mol. The topological polar surface area (TPSA) is 40.5 Å². The fourth-order valence-electron chi connectivity index (χ4n) is 0.680. The van der Waals surface area contributed by atoms with Crippen LogP contribution in [0.5, 0.6) is 0 Å². The Morgan fingerprint density at radius 1 is 0.800 bits per heavy atom. The summed E-state index contributed by atoms with van der Waals surface area (Å²) in [4.78, 5) is 0. The van der Waals surface area contributed by atoms with Gasteiger partial charge in [-0.2, -0.15) is 12.2 Å². The molecule has 2 rings (SSSR count). The van der Waals surface area contributed by atoms with E-state index in [-0.39, 0.29) is 25.8 Å². The molecule has 2 aliphatic rings. The van der Waals surface area contributed by atoms with Crippen LogP contribution in [0, 0.1) is 12.2 Å². The molecule has 0 radical (unpaired) electrons. The van der Waals surface area contributed by atoms with Crippen molar-refractivity contribution >= 4 is 0 Å². The van der Waals surface area contributed by atoms with Crippen LogP contribution in [0.1, 0.15) is 12.8 Å². The van der Waals surface area contributed by atoms with Gasteiger partial charge in [0, 0.05) is 40.1 Å². The van der Waals surface area contributed by atoms with Gasteiger partial charge in [0.1, 0.15) is 0 Å². The van der Waals surface area contributed by atoms with Crippen molar-refractivity contribution in [3.8, 4) is 0 Å². The number of rotatable bonds is 0. The number of allylic oxidation sites excluding steroid dienone is 8. The summed E-state index contributed by atoms with van der Waals surface area (Å²) in [5, 5.41) is 14.0. The monoisotopic (exact) mass is 374 g/mol. The Labute approximate surface area is 111 Å².